The maximum Gasteiger partial charge on any atom is 0.422 e. The molecule has 5 N–H and O–H groups in total. The first-order chi connectivity index (χ1) is 25.3. The van der Waals surface area contributed by atoms with Crippen molar-refractivity contribution < 1.29 is 41.8 Å². The number of halogens is 4. The normalized spacial score (nSPS) is 13.5. The van der Waals surface area contributed by atoms with Gasteiger partial charge in [0.1, 0.15) is 6.04 Å². The molecule has 0 aliphatic heterocycles. The number of hydrogen-bond donors (Lipinski definition) is 5. The third-order valence-electron chi connectivity index (χ3n) is 7.74. The Morgan fingerprint density at radius 2 is 1.60 bits per heavy atom. The third kappa shape index (κ3) is 11.2. The van der Waals surface area contributed by atoms with Gasteiger partial charge in [0.2, 0.25) is 11.9 Å². The van der Waals surface area contributed by atoms with Gasteiger partial charge in [-0.3, -0.25) is 19.4 Å². The van der Waals surface area contributed by atoms with Crippen LogP contribution in [0.5, 0.6) is 6.01 Å². The second kappa shape index (κ2) is 17.0. The molecule has 2 aromatic carbocycles. The highest BCUT2D eigenvalue weighted by molar-refractivity contribution is 6.35. The van der Waals surface area contributed by atoms with Crippen molar-refractivity contribution in [3.8, 4) is 6.01 Å². The third-order valence-corrected chi connectivity index (χ3v) is 7.99. The van der Waals surface area contributed by atoms with Gasteiger partial charge in [0.05, 0.1) is 12.6 Å². The van der Waals surface area contributed by atoms with Crippen LogP contribution in [-0.4, -0.2) is 82.7 Å². The Morgan fingerprint density at radius 1 is 0.906 bits per heavy atom. The summed E-state index contributed by atoms with van der Waals surface area (Å²) in [5.74, 6) is -3.73. The predicted octanol–water partition coefficient (Wildman–Crippen LogP) is 3.45. The number of pyridine rings is 1. The van der Waals surface area contributed by atoms with Gasteiger partial charge in [-0.05, 0) is 66.9 Å². The van der Waals surface area contributed by atoms with Crippen molar-refractivity contribution in [1.82, 2.24) is 35.9 Å². The number of carbonyl (C=O) groups is 4. The summed E-state index contributed by atoms with van der Waals surface area (Å²) in [4.78, 5) is 66.4. The van der Waals surface area contributed by atoms with Gasteiger partial charge in [0.25, 0.3) is 5.91 Å². The van der Waals surface area contributed by atoms with E-state index in [1.54, 1.807) is 36.5 Å². The second-order valence-corrected chi connectivity index (χ2v) is 12.1. The first-order valence-corrected chi connectivity index (χ1v) is 16.4. The molecule has 4 aromatic rings. The molecule has 53 heavy (non-hydrogen) atoms. The molecule has 0 saturated heterocycles. The summed E-state index contributed by atoms with van der Waals surface area (Å²) >= 11 is 6.02. The van der Waals surface area contributed by atoms with Crippen LogP contribution < -0.4 is 31.3 Å². The molecule has 1 fully saturated rings. The fraction of sp³-hybridized carbons (Fsp3) is 0.294. The molecule has 19 heteroatoms. The maximum absolute atomic E-state index is 13.0. The molecule has 0 spiro atoms. The Hall–Kier alpha value is -6.04. The van der Waals surface area contributed by atoms with Gasteiger partial charge in [-0.15, -0.1) is 0 Å². The minimum Gasteiger partial charge on any atom is -0.467 e. The number of amides is 3. The predicted molar refractivity (Wildman–Crippen MR) is 184 cm³/mol. The van der Waals surface area contributed by atoms with Crippen LogP contribution in [0.1, 0.15) is 34.5 Å². The molecule has 278 valence electrons. The van der Waals surface area contributed by atoms with E-state index in [-0.39, 0.29) is 24.0 Å². The molecule has 1 aliphatic rings. The lowest BCUT2D eigenvalue weighted by atomic mass is 10.1. The first kappa shape index (κ1) is 38.2. The summed E-state index contributed by atoms with van der Waals surface area (Å²) in [6.45, 7) is -1.93. The van der Waals surface area contributed by atoms with Crippen molar-refractivity contribution in [1.29, 1.82) is 0 Å². The number of rotatable bonds is 15. The molecule has 0 bridgehead atoms. The minimum absolute atomic E-state index is 0.0361. The number of nitrogens with zero attached hydrogens (tertiary/aromatic N) is 4. The van der Waals surface area contributed by atoms with Gasteiger partial charge in [0, 0.05) is 47.7 Å². The Bertz CT molecular complexity index is 1920. The number of methoxy groups -OCH3 is 1. The van der Waals surface area contributed by atoms with E-state index in [1.165, 1.54) is 24.3 Å². The summed E-state index contributed by atoms with van der Waals surface area (Å²) in [5, 5.41) is 13.8. The van der Waals surface area contributed by atoms with Gasteiger partial charge in [-0.25, -0.2) is 4.79 Å². The minimum atomic E-state index is -4.64. The van der Waals surface area contributed by atoms with E-state index in [2.05, 4.69) is 46.5 Å². The smallest absolute Gasteiger partial charge is 0.422 e. The monoisotopic (exact) mass is 755 g/mol. The molecule has 1 saturated carbocycles. The fourth-order valence-corrected chi connectivity index (χ4v) is 5.02. The summed E-state index contributed by atoms with van der Waals surface area (Å²) in [6.07, 6.45) is -1.23. The highest BCUT2D eigenvalue weighted by Gasteiger charge is 2.45. The van der Waals surface area contributed by atoms with Crippen LogP contribution in [0.25, 0.3) is 0 Å². The van der Waals surface area contributed by atoms with Crippen molar-refractivity contribution in [2.24, 2.45) is 0 Å². The van der Waals surface area contributed by atoms with Crippen LogP contribution in [0.2, 0.25) is 5.02 Å². The van der Waals surface area contributed by atoms with Crippen LogP contribution in [0, 0.1) is 0 Å². The Morgan fingerprint density at radius 3 is 2.25 bits per heavy atom. The summed E-state index contributed by atoms with van der Waals surface area (Å²) in [6, 6.07) is 16.2. The van der Waals surface area contributed by atoms with Crippen molar-refractivity contribution in [3.05, 3.63) is 94.8 Å². The SMILES string of the molecule is COC(=O)[C@H](CNC(=O)C(=O)NCCc1ccccn1)NC(=O)c1ccc(Nc2nc(NC3(c4ccc(Cl)cc4)CC3)nc(OCC(F)(F)F)n2)cc1. The van der Waals surface area contributed by atoms with Crippen LogP contribution in [-0.2, 0) is 31.1 Å². The zero-order valence-electron chi connectivity index (χ0n) is 28.0. The summed E-state index contributed by atoms with van der Waals surface area (Å²) in [7, 11) is 1.10. The highest BCUT2D eigenvalue weighted by atomic mass is 35.5. The number of aromatic nitrogens is 4. The van der Waals surface area contributed by atoms with Crippen LogP contribution in [0.3, 0.4) is 0 Å². The van der Waals surface area contributed by atoms with E-state index < -0.39 is 60.6 Å². The summed E-state index contributed by atoms with van der Waals surface area (Å²) < 4.78 is 48.4. The van der Waals surface area contributed by atoms with Crippen LogP contribution in [0.15, 0.2) is 72.9 Å². The molecule has 2 aromatic heterocycles. The van der Waals surface area contributed by atoms with E-state index in [0.717, 1.165) is 18.4 Å². The van der Waals surface area contributed by atoms with Crippen molar-refractivity contribution in [2.45, 2.75) is 37.0 Å². The molecular formula is C34H33ClF3N9O6. The molecule has 0 unspecified atom stereocenters. The molecule has 2 heterocycles. The van der Waals surface area contributed by atoms with Crippen LogP contribution in [0.4, 0.5) is 30.8 Å². The zero-order chi connectivity index (χ0) is 38.0. The molecule has 15 nitrogen and oxygen atoms in total. The van der Waals surface area contributed by atoms with Gasteiger partial charge in [0.15, 0.2) is 6.61 Å². The molecule has 0 radical (unpaired) electrons. The van der Waals surface area contributed by atoms with E-state index in [4.69, 9.17) is 21.1 Å². The Labute approximate surface area is 305 Å². The van der Waals surface area contributed by atoms with E-state index in [9.17, 15) is 32.3 Å². The Balaban J connectivity index is 1.20. The number of benzene rings is 2. The number of nitrogens with one attached hydrogen (secondary N) is 5. The average molecular weight is 756 g/mol. The molecule has 5 rings (SSSR count). The average Bonchev–Trinajstić information content (AvgIpc) is 3.92. The number of esters is 1. The highest BCUT2D eigenvalue weighted by Crippen LogP contribution is 2.48. The Kier molecular flexibility index (Phi) is 12.2. The van der Waals surface area contributed by atoms with Crippen molar-refractivity contribution >= 4 is 52.9 Å². The number of alkyl halides is 3. The maximum atomic E-state index is 13.0. The first-order valence-electron chi connectivity index (χ1n) is 16.0. The molecule has 1 aliphatic carbocycles. The number of ether oxygens (including phenoxy) is 2. The van der Waals surface area contributed by atoms with Crippen molar-refractivity contribution in [3.63, 3.8) is 0 Å². The topological polar surface area (TPSA) is 198 Å². The number of hydrogen-bond acceptors (Lipinski definition) is 12. The van der Waals surface area contributed by atoms with Gasteiger partial charge < -0.3 is 36.1 Å². The second-order valence-electron chi connectivity index (χ2n) is 11.7. The van der Waals surface area contributed by atoms with E-state index in [0.29, 0.717) is 30.0 Å². The molecular weight excluding hydrogens is 723 g/mol. The number of anilines is 3. The van der Waals surface area contributed by atoms with Gasteiger partial charge in [-0.1, -0.05) is 29.8 Å². The largest absolute Gasteiger partial charge is 0.467 e. The lowest BCUT2D eigenvalue weighted by Crippen LogP contribution is -2.51. The summed E-state index contributed by atoms with van der Waals surface area (Å²) in [5.41, 5.74) is 1.48. The number of carbonyl (C=O) groups excluding carboxylic acids is 4. The lowest BCUT2D eigenvalue weighted by Gasteiger charge is -2.19. The quantitative estimate of drug-likeness (QED) is 0.0877. The van der Waals surface area contributed by atoms with Gasteiger partial charge >= 0.3 is 30.0 Å². The molecule has 3 amide bonds. The van der Waals surface area contributed by atoms with Crippen LogP contribution >= 0.6 is 11.6 Å². The van der Waals surface area contributed by atoms with Crippen molar-refractivity contribution in [2.75, 3.05) is 37.4 Å². The molecule has 1 atom stereocenters. The standard InChI is InChI=1S/C34H33ClF3N9O6/c1-52-29(51)25(18-41-28(50)27(49)40-17-13-23-4-2-3-16-39-23)43-26(48)20-5-11-24(12-6-20)42-30-44-31(46-32(45-30)53-19-34(36,37)38)47-33(14-15-33)21-7-9-22(35)10-8-21/h2-12,16,25H,13-15,17-19H2,1H3,(H,40,49)(H,41,50)(H,43,48)(H2,42,44,45,46,47)/t25-/m0/s1. The zero-order valence-corrected chi connectivity index (χ0v) is 28.8. The van der Waals surface area contributed by atoms with Gasteiger partial charge in [-0.2, -0.15) is 28.1 Å². The lowest BCUT2D eigenvalue weighted by molar-refractivity contribution is -0.154. The fourth-order valence-electron chi connectivity index (χ4n) is 4.89. The van der Waals surface area contributed by atoms with E-state index >= 15 is 0 Å². The van der Waals surface area contributed by atoms with E-state index in [1.807, 2.05) is 12.1 Å².